The Morgan fingerprint density at radius 2 is 1.95 bits per heavy atom. The number of aromatic nitrogens is 1. The highest BCUT2D eigenvalue weighted by Gasteiger charge is 2.09. The Morgan fingerprint density at radius 3 is 2.60 bits per heavy atom. The molecule has 2 rings (SSSR count). The number of hydrogen-bond acceptors (Lipinski definition) is 4. The van der Waals surface area contributed by atoms with Gasteiger partial charge in [0.05, 0.1) is 13.2 Å². The zero-order valence-corrected chi connectivity index (χ0v) is 11.8. The van der Waals surface area contributed by atoms with Gasteiger partial charge in [-0.15, -0.1) is 0 Å². The number of ether oxygens (including phenoxy) is 2. The van der Waals surface area contributed by atoms with Crippen molar-refractivity contribution in [1.29, 1.82) is 0 Å². The average molecular weight is 273 g/mol. The van der Waals surface area contributed by atoms with E-state index in [0.717, 1.165) is 17.5 Å². The van der Waals surface area contributed by atoms with Gasteiger partial charge in [0.2, 0.25) is 5.88 Å². The van der Waals surface area contributed by atoms with E-state index in [4.69, 9.17) is 14.6 Å². The topological polar surface area (TPSA) is 51.6 Å². The van der Waals surface area contributed by atoms with Crippen LogP contribution in [0, 0.1) is 6.92 Å². The second kappa shape index (κ2) is 6.91. The van der Waals surface area contributed by atoms with Crippen molar-refractivity contribution >= 4 is 0 Å². The molecule has 0 radical (unpaired) electrons. The molecule has 0 saturated heterocycles. The maximum atomic E-state index is 9.08. The summed E-state index contributed by atoms with van der Waals surface area (Å²) in [6.45, 7) is 4.58. The summed E-state index contributed by atoms with van der Waals surface area (Å²) in [5.74, 6) is 1.88. The van der Waals surface area contributed by atoms with Crippen LogP contribution in [0.25, 0.3) is 0 Å². The number of rotatable bonds is 6. The van der Waals surface area contributed by atoms with Gasteiger partial charge in [0, 0.05) is 11.8 Å². The molecule has 106 valence electrons. The number of aliphatic hydroxyl groups excluding tert-OH is 1. The summed E-state index contributed by atoms with van der Waals surface area (Å²) in [5.41, 5.74) is 1.65. The van der Waals surface area contributed by atoms with Crippen molar-refractivity contribution in [3.05, 3.63) is 47.7 Å². The Bertz CT molecular complexity index is 569. The minimum absolute atomic E-state index is 0.0235. The zero-order valence-electron chi connectivity index (χ0n) is 11.8. The molecule has 0 aliphatic carbocycles. The third-order valence-electron chi connectivity index (χ3n) is 2.79. The lowest BCUT2D eigenvalue weighted by Gasteiger charge is -2.12. The van der Waals surface area contributed by atoms with E-state index in [-0.39, 0.29) is 6.61 Å². The summed E-state index contributed by atoms with van der Waals surface area (Å²) in [6.07, 6.45) is 2.55. The number of pyridine rings is 1. The Hall–Kier alpha value is -2.07. The van der Waals surface area contributed by atoms with Crippen LogP contribution >= 0.6 is 0 Å². The maximum Gasteiger partial charge on any atom is 0.222 e. The number of aryl methyl sites for hydroxylation is 1. The fourth-order valence-corrected chi connectivity index (χ4v) is 1.78. The molecule has 0 aliphatic heterocycles. The molecule has 4 nitrogen and oxygen atoms in total. The normalized spacial score (nSPS) is 10.3. The molecule has 0 fully saturated rings. The van der Waals surface area contributed by atoms with Gasteiger partial charge in [-0.2, -0.15) is 0 Å². The molecule has 0 atom stereocenters. The molecule has 1 aromatic carbocycles. The van der Waals surface area contributed by atoms with Crippen molar-refractivity contribution in [3.8, 4) is 17.4 Å². The van der Waals surface area contributed by atoms with Crippen LogP contribution in [0.15, 0.2) is 36.5 Å². The highest BCUT2D eigenvalue weighted by molar-refractivity contribution is 5.43. The summed E-state index contributed by atoms with van der Waals surface area (Å²) in [7, 11) is 0. The van der Waals surface area contributed by atoms with Gasteiger partial charge < -0.3 is 14.6 Å². The van der Waals surface area contributed by atoms with E-state index in [1.807, 2.05) is 37.3 Å². The molecule has 4 heteroatoms. The van der Waals surface area contributed by atoms with Gasteiger partial charge >= 0.3 is 0 Å². The molecule has 20 heavy (non-hydrogen) atoms. The molecule has 1 aromatic heterocycles. The van der Waals surface area contributed by atoms with Crippen molar-refractivity contribution in [3.63, 3.8) is 0 Å². The second-order valence-electron chi connectivity index (χ2n) is 4.52. The van der Waals surface area contributed by atoms with E-state index in [1.165, 1.54) is 0 Å². The molecule has 2 aromatic rings. The summed E-state index contributed by atoms with van der Waals surface area (Å²) >= 11 is 0. The number of hydrogen-bond donors (Lipinski definition) is 1. The molecule has 0 unspecified atom stereocenters. The predicted octanol–water partition coefficient (Wildman–Crippen LogP) is 3.46. The minimum Gasteiger partial charge on any atom is -0.490 e. The van der Waals surface area contributed by atoms with E-state index in [9.17, 15) is 0 Å². The fraction of sp³-hybridized carbons (Fsp3) is 0.312. The first-order valence-electron chi connectivity index (χ1n) is 6.70. The van der Waals surface area contributed by atoms with Crippen molar-refractivity contribution in [2.75, 3.05) is 6.61 Å². The first-order chi connectivity index (χ1) is 9.74. The lowest BCUT2D eigenvalue weighted by atomic mass is 10.2. The molecule has 1 N–H and O–H groups in total. The van der Waals surface area contributed by atoms with E-state index >= 15 is 0 Å². The van der Waals surface area contributed by atoms with Crippen LogP contribution in [0.1, 0.15) is 24.5 Å². The van der Waals surface area contributed by atoms with Crippen molar-refractivity contribution in [1.82, 2.24) is 4.98 Å². The van der Waals surface area contributed by atoms with Gasteiger partial charge in [0.15, 0.2) is 11.5 Å². The lowest BCUT2D eigenvalue weighted by Crippen LogP contribution is -1.99. The standard InChI is InChI=1S/C16H19NO3/c1-3-8-19-14-6-4-5-7-15(14)20-16-12(2)9-13(11-18)10-17-16/h4-7,9-10,18H,3,8,11H2,1-2H3. The molecule has 1 heterocycles. The van der Waals surface area contributed by atoms with Crippen LogP contribution in [0.4, 0.5) is 0 Å². The highest BCUT2D eigenvalue weighted by atomic mass is 16.5. The van der Waals surface area contributed by atoms with Crippen LogP contribution in [-0.2, 0) is 6.61 Å². The Kier molecular flexibility index (Phi) is 4.96. The van der Waals surface area contributed by atoms with Crippen molar-refractivity contribution in [2.24, 2.45) is 0 Å². The molecular formula is C16H19NO3. The number of benzene rings is 1. The largest absolute Gasteiger partial charge is 0.490 e. The minimum atomic E-state index is -0.0235. The number of nitrogens with zero attached hydrogens (tertiary/aromatic N) is 1. The SMILES string of the molecule is CCCOc1ccccc1Oc1ncc(CO)cc1C. The fourth-order valence-electron chi connectivity index (χ4n) is 1.78. The Morgan fingerprint density at radius 1 is 1.20 bits per heavy atom. The predicted molar refractivity (Wildman–Crippen MR) is 77.2 cm³/mol. The summed E-state index contributed by atoms with van der Waals surface area (Å²) in [5, 5.41) is 9.08. The molecule has 0 spiro atoms. The molecule has 0 bridgehead atoms. The van der Waals surface area contributed by atoms with Crippen molar-refractivity contribution in [2.45, 2.75) is 26.9 Å². The van der Waals surface area contributed by atoms with E-state index in [1.54, 1.807) is 6.20 Å². The van der Waals surface area contributed by atoms with Gasteiger partial charge in [-0.05, 0) is 37.1 Å². The first-order valence-corrected chi connectivity index (χ1v) is 6.70. The summed E-state index contributed by atoms with van der Waals surface area (Å²) < 4.78 is 11.5. The average Bonchev–Trinajstić information content (AvgIpc) is 2.48. The Labute approximate surface area is 119 Å². The second-order valence-corrected chi connectivity index (χ2v) is 4.52. The van der Waals surface area contributed by atoms with Crippen LogP contribution < -0.4 is 9.47 Å². The van der Waals surface area contributed by atoms with Crippen LogP contribution in [0.5, 0.6) is 17.4 Å². The third kappa shape index (κ3) is 3.48. The van der Waals surface area contributed by atoms with E-state index < -0.39 is 0 Å². The lowest BCUT2D eigenvalue weighted by molar-refractivity contribution is 0.280. The Balaban J connectivity index is 2.21. The quantitative estimate of drug-likeness (QED) is 0.875. The number of para-hydroxylation sites is 2. The van der Waals surface area contributed by atoms with Crippen molar-refractivity contribution < 1.29 is 14.6 Å². The van der Waals surface area contributed by atoms with Gasteiger partial charge in [0.1, 0.15) is 0 Å². The van der Waals surface area contributed by atoms with Gasteiger partial charge in [-0.1, -0.05) is 19.1 Å². The van der Waals surface area contributed by atoms with Crippen LogP contribution in [-0.4, -0.2) is 16.7 Å². The molecule has 0 aliphatic rings. The van der Waals surface area contributed by atoms with Gasteiger partial charge in [-0.3, -0.25) is 0 Å². The van der Waals surface area contributed by atoms with Gasteiger partial charge in [0.25, 0.3) is 0 Å². The first kappa shape index (κ1) is 14.3. The van der Waals surface area contributed by atoms with Crippen LogP contribution in [0.2, 0.25) is 0 Å². The van der Waals surface area contributed by atoms with Gasteiger partial charge in [-0.25, -0.2) is 4.98 Å². The summed E-state index contributed by atoms with van der Waals surface area (Å²) in [4.78, 5) is 4.23. The van der Waals surface area contributed by atoms with Crippen LogP contribution in [0.3, 0.4) is 0 Å². The molecular weight excluding hydrogens is 254 g/mol. The maximum absolute atomic E-state index is 9.08. The van der Waals surface area contributed by atoms with E-state index in [0.29, 0.717) is 24.0 Å². The van der Waals surface area contributed by atoms with E-state index in [2.05, 4.69) is 11.9 Å². The number of aliphatic hydroxyl groups is 1. The summed E-state index contributed by atoms with van der Waals surface area (Å²) in [6, 6.07) is 9.39. The highest BCUT2D eigenvalue weighted by Crippen LogP contribution is 2.31. The molecule has 0 amide bonds. The monoisotopic (exact) mass is 273 g/mol. The zero-order chi connectivity index (χ0) is 14.4. The molecule has 0 saturated carbocycles. The smallest absolute Gasteiger partial charge is 0.222 e. The third-order valence-corrected chi connectivity index (χ3v) is 2.79.